The molecule has 5 nitrogen and oxygen atoms in total. The predicted octanol–water partition coefficient (Wildman–Crippen LogP) is 3.16. The monoisotopic (exact) mass is 278 g/mol. The molecule has 1 aromatic carbocycles. The van der Waals surface area contributed by atoms with Gasteiger partial charge in [0, 0.05) is 12.6 Å². The number of hydrogen-bond acceptors (Lipinski definition) is 4. The second-order valence-corrected chi connectivity index (χ2v) is 5.33. The highest BCUT2D eigenvalue weighted by Crippen LogP contribution is 2.27. The molecule has 1 aliphatic heterocycles. The average molecular weight is 278 g/mol. The second kappa shape index (κ2) is 7.24. The van der Waals surface area contributed by atoms with Gasteiger partial charge in [0.05, 0.1) is 11.5 Å². The van der Waals surface area contributed by atoms with E-state index in [9.17, 15) is 10.1 Å². The number of benzene rings is 1. The summed E-state index contributed by atoms with van der Waals surface area (Å²) in [6.07, 6.45) is 4.81. The molecule has 0 atom stereocenters. The van der Waals surface area contributed by atoms with E-state index in [4.69, 9.17) is 4.74 Å². The van der Waals surface area contributed by atoms with Crippen LogP contribution in [0.4, 0.5) is 5.69 Å². The van der Waals surface area contributed by atoms with Gasteiger partial charge in [-0.2, -0.15) is 0 Å². The number of nitro benzene ring substituents is 1. The smallest absolute Gasteiger partial charge is 0.311 e. The third-order valence-corrected chi connectivity index (χ3v) is 3.64. The zero-order valence-electron chi connectivity index (χ0n) is 12.0. The Kier molecular flexibility index (Phi) is 5.35. The lowest BCUT2D eigenvalue weighted by Gasteiger charge is -2.26. The SMILES string of the molecule is Cc1ccc(OCCCN2CCCCC2)c([N+](=O)[O-])c1. The van der Waals surface area contributed by atoms with Crippen LogP contribution in [0, 0.1) is 17.0 Å². The minimum absolute atomic E-state index is 0.0583. The Morgan fingerprint density at radius 1 is 1.30 bits per heavy atom. The quantitative estimate of drug-likeness (QED) is 0.455. The zero-order valence-corrected chi connectivity index (χ0v) is 12.0. The third kappa shape index (κ3) is 4.20. The number of nitro groups is 1. The van der Waals surface area contributed by atoms with Crippen molar-refractivity contribution in [2.24, 2.45) is 0 Å². The lowest BCUT2D eigenvalue weighted by Crippen LogP contribution is -2.31. The summed E-state index contributed by atoms with van der Waals surface area (Å²) in [6, 6.07) is 5.08. The zero-order chi connectivity index (χ0) is 14.4. The van der Waals surface area contributed by atoms with Crippen LogP contribution in [0.3, 0.4) is 0 Å². The van der Waals surface area contributed by atoms with E-state index < -0.39 is 0 Å². The van der Waals surface area contributed by atoms with Crippen LogP contribution >= 0.6 is 0 Å². The third-order valence-electron chi connectivity index (χ3n) is 3.64. The summed E-state index contributed by atoms with van der Waals surface area (Å²) in [5, 5.41) is 11.0. The molecular formula is C15H22N2O3. The first-order chi connectivity index (χ1) is 9.66. The van der Waals surface area contributed by atoms with E-state index in [2.05, 4.69) is 4.90 Å². The normalized spacial score (nSPS) is 16.1. The number of nitrogens with zero attached hydrogens (tertiary/aromatic N) is 2. The van der Waals surface area contributed by atoms with Gasteiger partial charge in [-0.05, 0) is 50.9 Å². The van der Waals surface area contributed by atoms with Gasteiger partial charge in [0.15, 0.2) is 5.75 Å². The molecule has 2 rings (SSSR count). The Morgan fingerprint density at radius 2 is 2.05 bits per heavy atom. The van der Waals surface area contributed by atoms with Crippen LogP contribution in [0.15, 0.2) is 18.2 Å². The van der Waals surface area contributed by atoms with Crippen molar-refractivity contribution in [3.05, 3.63) is 33.9 Å². The van der Waals surface area contributed by atoms with Gasteiger partial charge in [-0.3, -0.25) is 10.1 Å². The molecule has 110 valence electrons. The van der Waals surface area contributed by atoms with Crippen LogP contribution in [-0.2, 0) is 0 Å². The molecule has 0 amide bonds. The highest BCUT2D eigenvalue weighted by Gasteiger charge is 2.15. The fourth-order valence-electron chi connectivity index (χ4n) is 2.55. The predicted molar refractivity (Wildman–Crippen MR) is 78.2 cm³/mol. The highest BCUT2D eigenvalue weighted by molar-refractivity contribution is 5.48. The van der Waals surface area contributed by atoms with Gasteiger partial charge in [-0.1, -0.05) is 12.5 Å². The van der Waals surface area contributed by atoms with E-state index >= 15 is 0 Å². The molecule has 0 unspecified atom stereocenters. The van der Waals surface area contributed by atoms with E-state index in [1.165, 1.54) is 32.4 Å². The first-order valence-electron chi connectivity index (χ1n) is 7.27. The van der Waals surface area contributed by atoms with Gasteiger partial charge >= 0.3 is 5.69 Å². The van der Waals surface area contributed by atoms with E-state index in [1.54, 1.807) is 12.1 Å². The molecule has 20 heavy (non-hydrogen) atoms. The van der Waals surface area contributed by atoms with Crippen LogP contribution in [0.1, 0.15) is 31.2 Å². The Labute approximate surface area is 119 Å². The maximum absolute atomic E-state index is 11.0. The molecule has 0 aliphatic carbocycles. The maximum atomic E-state index is 11.0. The van der Waals surface area contributed by atoms with Crippen LogP contribution < -0.4 is 4.74 Å². The van der Waals surface area contributed by atoms with Crippen molar-refractivity contribution >= 4 is 5.69 Å². The minimum atomic E-state index is -0.382. The molecule has 0 saturated carbocycles. The number of hydrogen-bond donors (Lipinski definition) is 0. The fraction of sp³-hybridized carbons (Fsp3) is 0.600. The Morgan fingerprint density at radius 3 is 2.75 bits per heavy atom. The Balaban J connectivity index is 1.80. The molecular weight excluding hydrogens is 256 g/mol. The lowest BCUT2D eigenvalue weighted by atomic mass is 10.1. The summed E-state index contributed by atoms with van der Waals surface area (Å²) >= 11 is 0. The molecule has 0 bridgehead atoms. The molecule has 0 aromatic heterocycles. The molecule has 0 N–H and O–H groups in total. The number of piperidine rings is 1. The first kappa shape index (κ1) is 14.8. The topological polar surface area (TPSA) is 55.6 Å². The standard InChI is InChI=1S/C15H22N2O3/c1-13-6-7-15(14(12-13)17(18)19)20-11-5-10-16-8-3-2-4-9-16/h6-7,12H,2-5,8-11H2,1H3. The number of aryl methyl sites for hydroxylation is 1. The van der Waals surface area contributed by atoms with Gasteiger partial charge < -0.3 is 9.64 Å². The summed E-state index contributed by atoms with van der Waals surface area (Å²) in [6.45, 7) is 5.72. The lowest BCUT2D eigenvalue weighted by molar-refractivity contribution is -0.385. The van der Waals surface area contributed by atoms with E-state index in [-0.39, 0.29) is 10.6 Å². The molecule has 1 saturated heterocycles. The molecule has 1 aromatic rings. The van der Waals surface area contributed by atoms with Crippen molar-refractivity contribution in [1.29, 1.82) is 0 Å². The highest BCUT2D eigenvalue weighted by atomic mass is 16.6. The molecule has 1 aliphatic rings. The number of likely N-dealkylation sites (tertiary alicyclic amines) is 1. The second-order valence-electron chi connectivity index (χ2n) is 5.33. The summed E-state index contributed by atoms with van der Waals surface area (Å²) in [5.41, 5.74) is 0.931. The van der Waals surface area contributed by atoms with Crippen molar-refractivity contribution in [1.82, 2.24) is 4.90 Å². The van der Waals surface area contributed by atoms with Gasteiger partial charge in [0.2, 0.25) is 0 Å². The Bertz CT molecular complexity index is 456. The summed E-state index contributed by atoms with van der Waals surface area (Å²) in [7, 11) is 0. The summed E-state index contributed by atoms with van der Waals surface area (Å²) in [5.74, 6) is 0.374. The average Bonchev–Trinajstić information content (AvgIpc) is 2.45. The minimum Gasteiger partial charge on any atom is -0.487 e. The van der Waals surface area contributed by atoms with Crippen molar-refractivity contribution in [2.75, 3.05) is 26.2 Å². The van der Waals surface area contributed by atoms with E-state index in [0.717, 1.165) is 18.5 Å². The Hall–Kier alpha value is -1.62. The van der Waals surface area contributed by atoms with Crippen molar-refractivity contribution in [3.8, 4) is 5.75 Å². The van der Waals surface area contributed by atoms with Crippen molar-refractivity contribution in [2.45, 2.75) is 32.6 Å². The first-order valence-corrected chi connectivity index (χ1v) is 7.27. The van der Waals surface area contributed by atoms with Crippen LogP contribution in [0.25, 0.3) is 0 Å². The molecule has 0 spiro atoms. The maximum Gasteiger partial charge on any atom is 0.311 e. The van der Waals surface area contributed by atoms with Crippen LogP contribution in [-0.4, -0.2) is 36.1 Å². The molecule has 1 fully saturated rings. The summed E-state index contributed by atoms with van der Waals surface area (Å²) < 4.78 is 5.58. The fourth-order valence-corrected chi connectivity index (χ4v) is 2.55. The van der Waals surface area contributed by atoms with E-state index in [1.807, 2.05) is 13.0 Å². The molecule has 1 heterocycles. The summed E-state index contributed by atoms with van der Waals surface area (Å²) in [4.78, 5) is 13.0. The largest absolute Gasteiger partial charge is 0.487 e. The van der Waals surface area contributed by atoms with Gasteiger partial charge in [0.1, 0.15) is 0 Å². The number of rotatable bonds is 6. The van der Waals surface area contributed by atoms with Crippen LogP contribution in [0.2, 0.25) is 0 Å². The van der Waals surface area contributed by atoms with Gasteiger partial charge in [-0.15, -0.1) is 0 Å². The van der Waals surface area contributed by atoms with E-state index in [0.29, 0.717) is 12.4 Å². The number of ether oxygens (including phenoxy) is 1. The van der Waals surface area contributed by atoms with Crippen LogP contribution in [0.5, 0.6) is 5.75 Å². The van der Waals surface area contributed by atoms with Crippen molar-refractivity contribution in [3.63, 3.8) is 0 Å². The van der Waals surface area contributed by atoms with Gasteiger partial charge in [0.25, 0.3) is 0 Å². The molecule has 5 heteroatoms. The van der Waals surface area contributed by atoms with Crippen molar-refractivity contribution < 1.29 is 9.66 Å². The molecule has 0 radical (unpaired) electrons. The van der Waals surface area contributed by atoms with Gasteiger partial charge in [-0.25, -0.2) is 0 Å².